The van der Waals surface area contributed by atoms with Gasteiger partial charge in [-0.1, -0.05) is 91.0 Å². The number of hydrogen-bond donors (Lipinski definition) is 0. The maximum atomic E-state index is 6.59. The van der Waals surface area contributed by atoms with Crippen molar-refractivity contribution < 1.29 is 13.3 Å². The molecule has 0 aromatic heterocycles. The highest BCUT2D eigenvalue weighted by Gasteiger charge is 2.40. The lowest BCUT2D eigenvalue weighted by molar-refractivity contribution is 0.0563. The summed E-state index contributed by atoms with van der Waals surface area (Å²) in [6, 6.07) is 30.6. The van der Waals surface area contributed by atoms with E-state index in [4.69, 9.17) is 13.3 Å². The quantitative estimate of drug-likeness (QED) is 0.476. The normalized spacial score (nSPS) is 11.6. The van der Waals surface area contributed by atoms with Crippen molar-refractivity contribution in [2.45, 2.75) is 5.60 Å². The molecule has 0 bridgehead atoms. The molecule has 0 radical (unpaired) electrons. The second-order valence-corrected chi connectivity index (χ2v) is 7.41. The molecule has 0 unspecified atom stereocenters. The van der Waals surface area contributed by atoms with Crippen LogP contribution in [-0.4, -0.2) is 23.7 Å². The molecule has 0 saturated heterocycles. The standard InChI is InChI=1S/C21H22O3Si/c1-22-25(23-2)24-21(18-12-6-3-7-13-18,19-14-8-4-9-15-19)20-16-10-5-11-17-20/h3-17,25H,1-2H3. The van der Waals surface area contributed by atoms with E-state index in [2.05, 4.69) is 36.4 Å². The van der Waals surface area contributed by atoms with E-state index in [1.807, 2.05) is 54.6 Å². The van der Waals surface area contributed by atoms with E-state index in [-0.39, 0.29) is 0 Å². The third-order valence-corrected chi connectivity index (χ3v) is 5.51. The predicted octanol–water partition coefficient (Wildman–Crippen LogP) is 4.01. The van der Waals surface area contributed by atoms with E-state index < -0.39 is 15.1 Å². The van der Waals surface area contributed by atoms with E-state index >= 15 is 0 Å². The number of rotatable bonds is 7. The van der Waals surface area contributed by atoms with E-state index in [9.17, 15) is 0 Å². The van der Waals surface area contributed by atoms with Crippen LogP contribution in [0.5, 0.6) is 0 Å². The first-order chi connectivity index (χ1) is 12.3. The molecular weight excluding hydrogens is 328 g/mol. The summed E-state index contributed by atoms with van der Waals surface area (Å²) in [7, 11) is 0.936. The first kappa shape index (κ1) is 17.6. The summed E-state index contributed by atoms with van der Waals surface area (Å²) >= 11 is 0. The van der Waals surface area contributed by atoms with Gasteiger partial charge in [0, 0.05) is 14.2 Å². The van der Waals surface area contributed by atoms with Gasteiger partial charge in [0.25, 0.3) is 0 Å². The zero-order valence-electron chi connectivity index (χ0n) is 14.5. The minimum Gasteiger partial charge on any atom is -0.379 e. The second-order valence-electron chi connectivity index (χ2n) is 5.66. The van der Waals surface area contributed by atoms with E-state index in [1.54, 1.807) is 14.2 Å². The fraction of sp³-hybridized carbons (Fsp3) is 0.143. The monoisotopic (exact) mass is 350 g/mol. The fourth-order valence-electron chi connectivity index (χ4n) is 3.06. The maximum Gasteiger partial charge on any atom is 0.484 e. The Labute approximate surface area is 150 Å². The lowest BCUT2D eigenvalue weighted by Gasteiger charge is -2.37. The SMILES string of the molecule is CO[SiH](OC)OC(c1ccccc1)(c1ccccc1)c1ccccc1. The van der Waals surface area contributed by atoms with Gasteiger partial charge in [-0.25, -0.2) is 0 Å². The van der Waals surface area contributed by atoms with E-state index in [0.29, 0.717) is 0 Å². The molecule has 0 heterocycles. The average molecular weight is 350 g/mol. The topological polar surface area (TPSA) is 27.7 Å². The molecule has 0 spiro atoms. The van der Waals surface area contributed by atoms with Crippen molar-refractivity contribution in [2.24, 2.45) is 0 Å². The lowest BCUT2D eigenvalue weighted by Crippen LogP contribution is -2.41. The van der Waals surface area contributed by atoms with Crippen molar-refractivity contribution >= 4 is 9.53 Å². The van der Waals surface area contributed by atoms with Crippen molar-refractivity contribution in [2.75, 3.05) is 14.2 Å². The molecule has 0 saturated carbocycles. The molecule has 128 valence electrons. The van der Waals surface area contributed by atoms with Gasteiger partial charge in [-0.3, -0.25) is 0 Å². The summed E-state index contributed by atoms with van der Waals surface area (Å²) in [5, 5.41) is 0. The lowest BCUT2D eigenvalue weighted by atomic mass is 9.80. The summed E-state index contributed by atoms with van der Waals surface area (Å²) in [5.41, 5.74) is 2.34. The van der Waals surface area contributed by atoms with Crippen LogP contribution in [0.15, 0.2) is 91.0 Å². The Bertz CT molecular complexity index is 662. The predicted molar refractivity (Wildman–Crippen MR) is 101 cm³/mol. The number of hydrogen-bond acceptors (Lipinski definition) is 3. The van der Waals surface area contributed by atoms with Crippen molar-refractivity contribution in [1.29, 1.82) is 0 Å². The van der Waals surface area contributed by atoms with Crippen LogP contribution < -0.4 is 0 Å². The van der Waals surface area contributed by atoms with Crippen LogP contribution in [0.2, 0.25) is 0 Å². The molecule has 0 aliphatic rings. The third-order valence-electron chi connectivity index (χ3n) is 4.20. The zero-order chi connectivity index (χ0) is 17.5. The smallest absolute Gasteiger partial charge is 0.379 e. The largest absolute Gasteiger partial charge is 0.484 e. The fourth-order valence-corrected chi connectivity index (χ4v) is 4.14. The van der Waals surface area contributed by atoms with Gasteiger partial charge >= 0.3 is 9.53 Å². The molecule has 0 aliphatic carbocycles. The first-order valence-corrected chi connectivity index (χ1v) is 9.62. The summed E-state index contributed by atoms with van der Waals surface area (Å²) in [6.07, 6.45) is 0. The van der Waals surface area contributed by atoms with Gasteiger partial charge in [-0.15, -0.1) is 0 Å². The van der Waals surface area contributed by atoms with Gasteiger partial charge in [-0.2, -0.15) is 0 Å². The Morgan fingerprint density at radius 3 is 1.16 bits per heavy atom. The summed E-state index contributed by atoms with van der Waals surface area (Å²) in [6.45, 7) is 0. The van der Waals surface area contributed by atoms with Gasteiger partial charge in [-0.05, 0) is 16.7 Å². The van der Waals surface area contributed by atoms with Gasteiger partial charge in [0.1, 0.15) is 5.60 Å². The average Bonchev–Trinajstić information content (AvgIpc) is 2.71. The van der Waals surface area contributed by atoms with Gasteiger partial charge in [0.05, 0.1) is 0 Å². The first-order valence-electron chi connectivity index (χ1n) is 8.21. The third kappa shape index (κ3) is 3.57. The highest BCUT2D eigenvalue weighted by molar-refractivity contribution is 6.36. The van der Waals surface area contributed by atoms with Crippen LogP contribution in [0, 0.1) is 0 Å². The highest BCUT2D eigenvalue weighted by atomic mass is 28.3. The minimum absolute atomic E-state index is 0.785. The Morgan fingerprint density at radius 2 is 0.880 bits per heavy atom. The molecular formula is C21H22O3Si. The Hall–Kier alpha value is -2.24. The number of benzene rings is 3. The van der Waals surface area contributed by atoms with Gasteiger partial charge in [0.15, 0.2) is 0 Å². The second kappa shape index (κ2) is 8.23. The van der Waals surface area contributed by atoms with Crippen LogP contribution in [0.3, 0.4) is 0 Å². The molecule has 25 heavy (non-hydrogen) atoms. The molecule has 3 aromatic carbocycles. The molecule has 3 rings (SSSR count). The van der Waals surface area contributed by atoms with Crippen LogP contribution in [0.1, 0.15) is 16.7 Å². The van der Waals surface area contributed by atoms with Gasteiger partial charge in [0.2, 0.25) is 0 Å². The molecule has 0 N–H and O–H groups in total. The van der Waals surface area contributed by atoms with Gasteiger partial charge < -0.3 is 13.3 Å². The Balaban J connectivity index is 2.27. The highest BCUT2D eigenvalue weighted by Crippen LogP contribution is 2.40. The van der Waals surface area contributed by atoms with Crippen LogP contribution >= 0.6 is 0 Å². The van der Waals surface area contributed by atoms with E-state index in [1.165, 1.54) is 0 Å². The summed E-state index contributed by atoms with van der Waals surface area (Å²) in [5.74, 6) is 0. The van der Waals surface area contributed by atoms with E-state index in [0.717, 1.165) is 16.7 Å². The summed E-state index contributed by atoms with van der Waals surface area (Å²) in [4.78, 5) is 0. The van der Waals surface area contributed by atoms with Crippen molar-refractivity contribution in [1.82, 2.24) is 0 Å². The molecule has 3 nitrogen and oxygen atoms in total. The molecule has 0 atom stereocenters. The maximum absolute atomic E-state index is 6.59. The zero-order valence-corrected chi connectivity index (χ0v) is 15.6. The molecule has 4 heteroatoms. The van der Waals surface area contributed by atoms with Crippen LogP contribution in [0.25, 0.3) is 0 Å². The Kier molecular flexibility index (Phi) is 5.78. The summed E-state index contributed by atoms with van der Waals surface area (Å²) < 4.78 is 17.6. The van der Waals surface area contributed by atoms with Crippen molar-refractivity contribution in [3.05, 3.63) is 108 Å². The minimum atomic E-state index is -2.33. The van der Waals surface area contributed by atoms with Crippen molar-refractivity contribution in [3.8, 4) is 0 Å². The van der Waals surface area contributed by atoms with Crippen molar-refractivity contribution in [3.63, 3.8) is 0 Å². The molecule has 0 amide bonds. The van der Waals surface area contributed by atoms with Crippen LogP contribution in [0.4, 0.5) is 0 Å². The molecule has 0 fully saturated rings. The molecule has 0 aliphatic heterocycles. The molecule has 3 aromatic rings. The van der Waals surface area contributed by atoms with Crippen LogP contribution in [-0.2, 0) is 18.9 Å². The Morgan fingerprint density at radius 1 is 0.560 bits per heavy atom.